The summed E-state index contributed by atoms with van der Waals surface area (Å²) >= 11 is 5.79. The third-order valence-corrected chi connectivity index (χ3v) is 4.02. The molecule has 0 spiro atoms. The number of nitrogens with one attached hydrogen (secondary N) is 1. The molecule has 118 valence electrons. The topological polar surface area (TPSA) is 102 Å². The Bertz CT molecular complexity index is 589. The summed E-state index contributed by atoms with van der Waals surface area (Å²) in [6.07, 6.45) is 0.584. The third kappa shape index (κ3) is 5.88. The second-order valence-corrected chi connectivity index (χ2v) is 6.18. The number of benzene rings is 1. The predicted molar refractivity (Wildman–Crippen MR) is 76.3 cm³/mol. The van der Waals surface area contributed by atoms with E-state index in [2.05, 4.69) is 0 Å². The van der Waals surface area contributed by atoms with Gasteiger partial charge in [0, 0.05) is 25.2 Å². The number of carboxylic acids is 1. The maximum atomic E-state index is 12.1. The van der Waals surface area contributed by atoms with Gasteiger partial charge in [0.15, 0.2) is 0 Å². The molecule has 2 N–H and O–H groups in total. The Balaban J connectivity index is 2.92. The first-order valence-corrected chi connectivity index (χ1v) is 7.85. The van der Waals surface area contributed by atoms with Gasteiger partial charge >= 0.3 is 5.97 Å². The Kier molecular flexibility index (Phi) is 6.90. The summed E-state index contributed by atoms with van der Waals surface area (Å²) < 4.78 is 36.3. The molecule has 0 bridgehead atoms. The highest BCUT2D eigenvalue weighted by Gasteiger charge is 2.21. The smallest absolute Gasteiger partial charge is 0.318 e. The van der Waals surface area contributed by atoms with Gasteiger partial charge in [0.1, 0.15) is 17.2 Å². The molecule has 7 nitrogen and oxygen atoms in total. The van der Waals surface area contributed by atoms with Crippen LogP contribution in [0.4, 0.5) is 0 Å². The molecule has 0 aromatic heterocycles. The lowest BCUT2D eigenvalue weighted by Crippen LogP contribution is -2.29. The van der Waals surface area contributed by atoms with Crippen molar-refractivity contribution in [2.45, 2.75) is 11.3 Å². The predicted octanol–water partition coefficient (Wildman–Crippen LogP) is 1.12. The van der Waals surface area contributed by atoms with E-state index >= 15 is 0 Å². The maximum absolute atomic E-state index is 12.1. The first-order valence-electron chi connectivity index (χ1n) is 5.99. The first-order chi connectivity index (χ1) is 9.86. The first kappa shape index (κ1) is 17.7. The minimum Gasteiger partial charge on any atom is -0.492 e. The van der Waals surface area contributed by atoms with E-state index in [-0.39, 0.29) is 22.3 Å². The highest BCUT2D eigenvalue weighted by atomic mass is 35.5. The van der Waals surface area contributed by atoms with Gasteiger partial charge in [-0.3, -0.25) is 4.79 Å². The molecule has 21 heavy (non-hydrogen) atoms. The average Bonchev–Trinajstić information content (AvgIpc) is 2.43. The van der Waals surface area contributed by atoms with Gasteiger partial charge < -0.3 is 14.6 Å². The third-order valence-electron chi connectivity index (χ3n) is 2.36. The highest BCUT2D eigenvalue weighted by molar-refractivity contribution is 7.89. The number of carbonyl (C=O) groups is 1. The molecule has 0 saturated carbocycles. The maximum Gasteiger partial charge on any atom is 0.318 e. The van der Waals surface area contributed by atoms with Crippen LogP contribution in [0.3, 0.4) is 0 Å². The highest BCUT2D eigenvalue weighted by Crippen LogP contribution is 2.27. The van der Waals surface area contributed by atoms with Crippen LogP contribution in [0, 0.1) is 0 Å². The van der Waals surface area contributed by atoms with Gasteiger partial charge in [-0.2, -0.15) is 4.72 Å². The molecule has 0 radical (unpaired) electrons. The average molecular weight is 338 g/mol. The van der Waals surface area contributed by atoms with Crippen LogP contribution in [0.5, 0.6) is 5.75 Å². The van der Waals surface area contributed by atoms with E-state index < -0.39 is 22.5 Å². The van der Waals surface area contributed by atoms with Crippen molar-refractivity contribution in [1.82, 2.24) is 4.72 Å². The lowest BCUT2D eigenvalue weighted by atomic mass is 10.3. The standard InChI is InChI=1S/C12H16ClNO6S/c1-19-5-2-6-20-10-4-3-9(13)7-11(10)21(17,18)14-8-12(15)16/h3-4,7,14H,2,5-6,8H2,1H3,(H,15,16). The van der Waals surface area contributed by atoms with E-state index in [1.807, 2.05) is 4.72 Å². The molecule has 0 aliphatic carbocycles. The number of methoxy groups -OCH3 is 1. The molecule has 0 aliphatic rings. The van der Waals surface area contributed by atoms with Crippen LogP contribution < -0.4 is 9.46 Å². The van der Waals surface area contributed by atoms with Gasteiger partial charge in [0.2, 0.25) is 10.0 Å². The van der Waals surface area contributed by atoms with Crippen LogP contribution in [0.25, 0.3) is 0 Å². The minimum atomic E-state index is -4.02. The molecular formula is C12H16ClNO6S. The quantitative estimate of drug-likeness (QED) is 0.655. The normalized spacial score (nSPS) is 11.3. The van der Waals surface area contributed by atoms with Crippen LogP contribution in [0.15, 0.2) is 23.1 Å². The van der Waals surface area contributed by atoms with Crippen molar-refractivity contribution in [3.8, 4) is 5.75 Å². The summed E-state index contributed by atoms with van der Waals surface area (Å²) in [5, 5.41) is 8.75. The number of carboxylic acid groups (broad SMARTS) is 1. The second kappa shape index (κ2) is 8.18. The van der Waals surface area contributed by atoms with E-state index in [0.717, 1.165) is 0 Å². The number of aliphatic carboxylic acids is 1. The lowest BCUT2D eigenvalue weighted by Gasteiger charge is -2.12. The fourth-order valence-corrected chi connectivity index (χ4v) is 2.81. The molecule has 1 aromatic rings. The van der Waals surface area contributed by atoms with Gasteiger partial charge in [-0.05, 0) is 18.2 Å². The van der Waals surface area contributed by atoms with Crippen LogP contribution >= 0.6 is 11.6 Å². The molecule has 1 rings (SSSR count). The SMILES string of the molecule is COCCCOc1ccc(Cl)cc1S(=O)(=O)NCC(=O)O. The summed E-state index contributed by atoms with van der Waals surface area (Å²) in [6.45, 7) is 0.0157. The largest absolute Gasteiger partial charge is 0.492 e. The lowest BCUT2D eigenvalue weighted by molar-refractivity contribution is -0.135. The molecule has 0 atom stereocenters. The van der Waals surface area contributed by atoms with Gasteiger partial charge in [-0.1, -0.05) is 11.6 Å². The molecule has 1 aromatic carbocycles. The molecule has 0 fully saturated rings. The second-order valence-electron chi connectivity index (χ2n) is 4.00. The summed E-state index contributed by atoms with van der Waals surface area (Å²) in [7, 11) is -2.47. The summed E-state index contributed by atoms with van der Waals surface area (Å²) in [4.78, 5) is 10.3. The summed E-state index contributed by atoms with van der Waals surface area (Å²) in [6, 6.07) is 4.12. The van der Waals surface area contributed by atoms with E-state index in [1.54, 1.807) is 7.11 Å². The number of halogens is 1. The summed E-state index contributed by atoms with van der Waals surface area (Å²) in [5.74, 6) is -1.18. The van der Waals surface area contributed by atoms with Crippen molar-refractivity contribution in [2.24, 2.45) is 0 Å². The number of sulfonamides is 1. The Hall–Kier alpha value is -1.35. The van der Waals surface area contributed by atoms with E-state index in [9.17, 15) is 13.2 Å². The van der Waals surface area contributed by atoms with Crippen LogP contribution in [0.2, 0.25) is 5.02 Å². The molecular weight excluding hydrogens is 322 g/mol. The number of ether oxygens (including phenoxy) is 2. The number of rotatable bonds is 9. The van der Waals surface area contributed by atoms with Crippen LogP contribution in [-0.4, -0.2) is 46.4 Å². The van der Waals surface area contributed by atoms with E-state index in [1.165, 1.54) is 18.2 Å². The van der Waals surface area contributed by atoms with Crippen LogP contribution in [-0.2, 0) is 19.6 Å². The Morgan fingerprint density at radius 2 is 2.10 bits per heavy atom. The van der Waals surface area contributed by atoms with Gasteiger partial charge in [0.25, 0.3) is 0 Å². The van der Waals surface area contributed by atoms with Gasteiger partial charge in [0.05, 0.1) is 6.61 Å². The van der Waals surface area contributed by atoms with E-state index in [4.69, 9.17) is 26.2 Å². The fourth-order valence-electron chi connectivity index (χ4n) is 1.43. The van der Waals surface area contributed by atoms with Crippen LogP contribution in [0.1, 0.15) is 6.42 Å². The Morgan fingerprint density at radius 1 is 1.38 bits per heavy atom. The fraction of sp³-hybridized carbons (Fsp3) is 0.417. The molecule has 0 unspecified atom stereocenters. The zero-order valence-electron chi connectivity index (χ0n) is 11.3. The van der Waals surface area contributed by atoms with Gasteiger partial charge in [-0.25, -0.2) is 8.42 Å². The Morgan fingerprint density at radius 3 is 2.71 bits per heavy atom. The van der Waals surface area contributed by atoms with Crippen molar-refractivity contribution in [3.63, 3.8) is 0 Å². The van der Waals surface area contributed by atoms with Gasteiger partial charge in [-0.15, -0.1) is 0 Å². The molecule has 0 aliphatic heterocycles. The zero-order chi connectivity index (χ0) is 15.9. The van der Waals surface area contributed by atoms with E-state index in [0.29, 0.717) is 13.0 Å². The van der Waals surface area contributed by atoms with Crippen molar-refractivity contribution in [1.29, 1.82) is 0 Å². The molecule has 0 amide bonds. The number of hydrogen-bond acceptors (Lipinski definition) is 5. The molecule has 0 heterocycles. The summed E-state index contributed by atoms with van der Waals surface area (Å²) in [5.41, 5.74) is 0. The van der Waals surface area contributed by atoms with Crippen molar-refractivity contribution in [2.75, 3.05) is 26.9 Å². The van der Waals surface area contributed by atoms with Crippen molar-refractivity contribution >= 4 is 27.6 Å². The molecule has 0 saturated heterocycles. The van der Waals surface area contributed by atoms with Crippen molar-refractivity contribution < 1.29 is 27.8 Å². The zero-order valence-corrected chi connectivity index (χ0v) is 12.9. The molecule has 9 heteroatoms. The minimum absolute atomic E-state index is 0.105. The van der Waals surface area contributed by atoms with Crippen molar-refractivity contribution in [3.05, 3.63) is 23.2 Å². The monoisotopic (exact) mass is 337 g/mol. The number of hydrogen-bond donors (Lipinski definition) is 2. The Labute approximate surface area is 127 Å².